The van der Waals surface area contributed by atoms with Crippen LogP contribution in [0.1, 0.15) is 5.89 Å². The van der Waals surface area contributed by atoms with Crippen molar-refractivity contribution >= 4 is 28.3 Å². The highest BCUT2D eigenvalue weighted by atomic mass is 35.5. The number of ether oxygens (including phenoxy) is 1. The highest BCUT2D eigenvalue weighted by Gasteiger charge is 2.10. The van der Waals surface area contributed by atoms with E-state index in [1.165, 1.54) is 0 Å². The molecule has 0 saturated heterocycles. The molecule has 0 radical (unpaired) electrons. The quantitative estimate of drug-likeness (QED) is 0.530. The molecule has 1 N–H and O–H groups in total. The molecule has 7 heteroatoms. The van der Waals surface area contributed by atoms with Crippen LogP contribution in [-0.2, 0) is 11.3 Å². The summed E-state index contributed by atoms with van der Waals surface area (Å²) in [6.45, 7) is 0.0248. The standard InChI is InChI=1S/C21H16ClN3O3/c22-17-8-5-15(6-9-17)21-24-20(28-25-21)12-23-19(26)13-27-18-10-7-14-3-1-2-4-16(14)11-18/h1-11H,12-13H2,(H,23,26). The second kappa shape index (κ2) is 8.10. The third-order valence-electron chi connectivity index (χ3n) is 4.10. The number of aromatic nitrogens is 2. The van der Waals surface area contributed by atoms with Gasteiger partial charge in [0.2, 0.25) is 11.7 Å². The van der Waals surface area contributed by atoms with Crippen LogP contribution in [0.25, 0.3) is 22.2 Å². The average molecular weight is 394 g/mol. The summed E-state index contributed by atoms with van der Waals surface area (Å²) in [4.78, 5) is 16.3. The van der Waals surface area contributed by atoms with Gasteiger partial charge in [-0.2, -0.15) is 4.98 Å². The van der Waals surface area contributed by atoms with E-state index >= 15 is 0 Å². The largest absolute Gasteiger partial charge is 0.484 e. The summed E-state index contributed by atoms with van der Waals surface area (Å²) in [7, 11) is 0. The maximum atomic E-state index is 12.0. The Balaban J connectivity index is 1.30. The molecule has 140 valence electrons. The Morgan fingerprint density at radius 3 is 2.64 bits per heavy atom. The highest BCUT2D eigenvalue weighted by Crippen LogP contribution is 2.21. The van der Waals surface area contributed by atoms with Crippen LogP contribution >= 0.6 is 11.6 Å². The molecule has 28 heavy (non-hydrogen) atoms. The molecule has 0 unspecified atom stereocenters. The SMILES string of the molecule is O=C(COc1ccc2ccccc2c1)NCc1nc(-c2ccc(Cl)cc2)no1. The lowest BCUT2D eigenvalue weighted by Gasteiger charge is -2.07. The molecule has 1 amide bonds. The lowest BCUT2D eigenvalue weighted by molar-refractivity contribution is -0.123. The number of rotatable bonds is 6. The number of halogens is 1. The first-order chi connectivity index (χ1) is 13.7. The number of fused-ring (bicyclic) bond motifs is 1. The molecule has 1 heterocycles. The highest BCUT2D eigenvalue weighted by molar-refractivity contribution is 6.30. The predicted octanol–water partition coefficient (Wildman–Crippen LogP) is 4.24. The van der Waals surface area contributed by atoms with Gasteiger partial charge in [-0.1, -0.05) is 47.1 Å². The zero-order chi connectivity index (χ0) is 19.3. The van der Waals surface area contributed by atoms with Crippen molar-refractivity contribution in [3.63, 3.8) is 0 Å². The fourth-order valence-electron chi connectivity index (χ4n) is 2.67. The van der Waals surface area contributed by atoms with Gasteiger partial charge in [0.15, 0.2) is 6.61 Å². The Bertz CT molecular complexity index is 1110. The fourth-order valence-corrected chi connectivity index (χ4v) is 2.80. The summed E-state index contributed by atoms with van der Waals surface area (Å²) in [5, 5.41) is 9.41. The topological polar surface area (TPSA) is 77.2 Å². The normalized spacial score (nSPS) is 10.8. The Morgan fingerprint density at radius 1 is 1.04 bits per heavy atom. The van der Waals surface area contributed by atoms with Crippen LogP contribution in [0.3, 0.4) is 0 Å². The van der Waals surface area contributed by atoms with Gasteiger partial charge < -0.3 is 14.6 Å². The molecule has 0 atom stereocenters. The number of amides is 1. The summed E-state index contributed by atoms with van der Waals surface area (Å²) in [5.41, 5.74) is 0.783. The van der Waals surface area contributed by atoms with E-state index in [4.69, 9.17) is 20.9 Å². The minimum atomic E-state index is -0.278. The van der Waals surface area contributed by atoms with Crippen LogP contribution in [0.5, 0.6) is 5.75 Å². The van der Waals surface area contributed by atoms with E-state index < -0.39 is 0 Å². The molecule has 0 aliphatic carbocycles. The smallest absolute Gasteiger partial charge is 0.258 e. The molecule has 3 aromatic carbocycles. The molecular weight excluding hydrogens is 378 g/mol. The lowest BCUT2D eigenvalue weighted by Crippen LogP contribution is -2.28. The van der Waals surface area contributed by atoms with E-state index in [0.717, 1.165) is 16.3 Å². The van der Waals surface area contributed by atoms with Gasteiger partial charge in [-0.05, 0) is 47.2 Å². The first-order valence-electron chi connectivity index (χ1n) is 8.64. The van der Waals surface area contributed by atoms with E-state index in [-0.39, 0.29) is 19.1 Å². The van der Waals surface area contributed by atoms with Crippen LogP contribution < -0.4 is 10.1 Å². The van der Waals surface area contributed by atoms with Crippen molar-refractivity contribution in [2.24, 2.45) is 0 Å². The Kier molecular flexibility index (Phi) is 5.21. The third-order valence-corrected chi connectivity index (χ3v) is 4.35. The molecule has 0 fully saturated rings. The molecule has 0 saturated carbocycles. The molecule has 1 aromatic heterocycles. The molecule has 0 spiro atoms. The number of benzene rings is 3. The van der Waals surface area contributed by atoms with Crippen molar-refractivity contribution in [3.8, 4) is 17.1 Å². The number of carbonyl (C=O) groups is 1. The summed E-state index contributed by atoms with van der Waals surface area (Å²) in [6, 6.07) is 20.8. The summed E-state index contributed by atoms with van der Waals surface area (Å²) < 4.78 is 10.7. The molecule has 4 rings (SSSR count). The van der Waals surface area contributed by atoms with Crippen LogP contribution in [0.2, 0.25) is 5.02 Å². The fraction of sp³-hybridized carbons (Fsp3) is 0.0952. The van der Waals surface area contributed by atoms with Crippen LogP contribution in [-0.4, -0.2) is 22.7 Å². The van der Waals surface area contributed by atoms with E-state index in [0.29, 0.717) is 22.5 Å². The zero-order valence-corrected chi connectivity index (χ0v) is 15.5. The van der Waals surface area contributed by atoms with Crippen molar-refractivity contribution in [1.82, 2.24) is 15.5 Å². The minimum absolute atomic E-state index is 0.101. The molecule has 4 aromatic rings. The van der Waals surface area contributed by atoms with Crippen molar-refractivity contribution in [3.05, 3.63) is 77.6 Å². The van der Waals surface area contributed by atoms with Gasteiger partial charge in [-0.3, -0.25) is 4.79 Å². The van der Waals surface area contributed by atoms with Crippen LogP contribution in [0.15, 0.2) is 71.3 Å². The van der Waals surface area contributed by atoms with E-state index in [9.17, 15) is 4.79 Å². The van der Waals surface area contributed by atoms with Crippen molar-refractivity contribution in [2.45, 2.75) is 6.54 Å². The van der Waals surface area contributed by atoms with Gasteiger partial charge in [0, 0.05) is 10.6 Å². The van der Waals surface area contributed by atoms with Gasteiger partial charge >= 0.3 is 0 Å². The lowest BCUT2D eigenvalue weighted by atomic mass is 10.1. The van der Waals surface area contributed by atoms with E-state index in [1.807, 2.05) is 42.5 Å². The summed E-state index contributed by atoms with van der Waals surface area (Å²) in [5.74, 6) is 1.11. The Labute approximate surface area is 166 Å². The molecule has 0 aliphatic heterocycles. The van der Waals surface area contributed by atoms with Crippen molar-refractivity contribution in [1.29, 1.82) is 0 Å². The number of hydrogen-bond donors (Lipinski definition) is 1. The Morgan fingerprint density at radius 2 is 1.82 bits per heavy atom. The number of nitrogens with one attached hydrogen (secondary N) is 1. The van der Waals surface area contributed by atoms with E-state index in [2.05, 4.69) is 15.5 Å². The summed E-state index contributed by atoms with van der Waals surface area (Å²) >= 11 is 5.87. The monoisotopic (exact) mass is 393 g/mol. The van der Waals surface area contributed by atoms with Crippen molar-refractivity contribution < 1.29 is 14.1 Å². The maximum Gasteiger partial charge on any atom is 0.258 e. The number of hydrogen-bond acceptors (Lipinski definition) is 5. The van der Waals surface area contributed by atoms with Gasteiger partial charge in [0.1, 0.15) is 5.75 Å². The first-order valence-corrected chi connectivity index (χ1v) is 9.02. The second-order valence-corrected chi connectivity index (χ2v) is 6.53. The molecule has 0 bridgehead atoms. The van der Waals surface area contributed by atoms with Gasteiger partial charge in [0.05, 0.1) is 6.54 Å². The van der Waals surface area contributed by atoms with Crippen molar-refractivity contribution in [2.75, 3.05) is 6.61 Å². The molecule has 0 aliphatic rings. The van der Waals surface area contributed by atoms with Crippen LogP contribution in [0.4, 0.5) is 0 Å². The number of nitrogens with zero attached hydrogens (tertiary/aromatic N) is 2. The van der Waals surface area contributed by atoms with E-state index in [1.54, 1.807) is 24.3 Å². The third kappa shape index (κ3) is 4.29. The second-order valence-electron chi connectivity index (χ2n) is 6.09. The Hall–Kier alpha value is -3.38. The van der Waals surface area contributed by atoms with Gasteiger partial charge in [0.25, 0.3) is 5.91 Å². The summed E-state index contributed by atoms with van der Waals surface area (Å²) in [6.07, 6.45) is 0. The molecule has 6 nitrogen and oxygen atoms in total. The average Bonchev–Trinajstić information content (AvgIpc) is 3.20. The minimum Gasteiger partial charge on any atom is -0.484 e. The zero-order valence-electron chi connectivity index (χ0n) is 14.8. The maximum absolute atomic E-state index is 12.0. The predicted molar refractivity (Wildman–Crippen MR) is 106 cm³/mol. The number of carbonyl (C=O) groups excluding carboxylic acids is 1. The first kappa shape index (κ1) is 18.0. The van der Waals surface area contributed by atoms with Crippen LogP contribution in [0, 0.1) is 0 Å². The van der Waals surface area contributed by atoms with Gasteiger partial charge in [-0.15, -0.1) is 0 Å². The molecular formula is C21H16ClN3O3. The van der Waals surface area contributed by atoms with Gasteiger partial charge in [-0.25, -0.2) is 0 Å².